The van der Waals surface area contributed by atoms with E-state index in [9.17, 15) is 18.0 Å². The number of likely N-dealkylation sites (tertiary alicyclic amines) is 1. The van der Waals surface area contributed by atoms with Gasteiger partial charge in [-0.25, -0.2) is 4.79 Å². The number of hydrogen-bond donors (Lipinski definition) is 1. The van der Waals surface area contributed by atoms with Crippen molar-refractivity contribution >= 4 is 11.7 Å². The molecule has 5 nitrogen and oxygen atoms in total. The van der Waals surface area contributed by atoms with E-state index in [1.807, 2.05) is 43.3 Å². The van der Waals surface area contributed by atoms with Crippen molar-refractivity contribution in [2.24, 2.45) is 0 Å². The zero-order chi connectivity index (χ0) is 24.8. The van der Waals surface area contributed by atoms with Gasteiger partial charge in [0.25, 0.3) is 0 Å². The van der Waals surface area contributed by atoms with Crippen molar-refractivity contribution in [1.82, 2.24) is 14.8 Å². The third-order valence-electron chi connectivity index (χ3n) is 6.25. The van der Waals surface area contributed by atoms with Crippen LogP contribution in [0, 0.1) is 6.92 Å². The third-order valence-corrected chi connectivity index (χ3v) is 6.25. The maximum absolute atomic E-state index is 13.3. The number of hydrogen-bond acceptors (Lipinski definition) is 3. The average Bonchev–Trinajstić information content (AvgIpc) is 2.84. The van der Waals surface area contributed by atoms with Crippen molar-refractivity contribution in [3.8, 4) is 0 Å². The van der Waals surface area contributed by atoms with Crippen molar-refractivity contribution in [1.29, 1.82) is 0 Å². The molecule has 1 aliphatic rings. The van der Waals surface area contributed by atoms with E-state index >= 15 is 0 Å². The lowest BCUT2D eigenvalue weighted by atomic mass is 10.0. The summed E-state index contributed by atoms with van der Waals surface area (Å²) in [6, 6.07) is 20.2. The molecule has 1 aliphatic heterocycles. The summed E-state index contributed by atoms with van der Waals surface area (Å²) < 4.78 is 38.7. The largest absolute Gasteiger partial charge is 0.416 e. The number of nitrogens with one attached hydrogen (secondary N) is 1. The van der Waals surface area contributed by atoms with Gasteiger partial charge >= 0.3 is 12.2 Å². The Hall–Kier alpha value is -3.39. The number of alkyl halides is 3. The normalized spacial score (nSPS) is 15.1. The predicted octanol–water partition coefficient (Wildman–Crippen LogP) is 6.11. The van der Waals surface area contributed by atoms with E-state index in [-0.39, 0.29) is 12.1 Å². The minimum atomic E-state index is -4.42. The van der Waals surface area contributed by atoms with Crippen LogP contribution in [-0.2, 0) is 19.3 Å². The highest BCUT2D eigenvalue weighted by Gasteiger charge is 2.31. The van der Waals surface area contributed by atoms with Gasteiger partial charge in [0.2, 0.25) is 0 Å². The van der Waals surface area contributed by atoms with Gasteiger partial charge in [0.05, 0.1) is 17.8 Å². The zero-order valence-electron chi connectivity index (χ0n) is 19.6. The number of amides is 2. The van der Waals surface area contributed by atoms with Crippen molar-refractivity contribution in [2.75, 3.05) is 18.4 Å². The molecule has 0 saturated carbocycles. The molecule has 0 aliphatic carbocycles. The van der Waals surface area contributed by atoms with Crippen molar-refractivity contribution in [2.45, 2.75) is 45.1 Å². The molecule has 8 heteroatoms. The molecular formula is C27H29F3N4O. The number of pyridine rings is 1. The van der Waals surface area contributed by atoms with Crippen molar-refractivity contribution in [3.05, 3.63) is 95.3 Å². The first kappa shape index (κ1) is 24.7. The number of benzene rings is 2. The zero-order valence-corrected chi connectivity index (χ0v) is 19.6. The van der Waals surface area contributed by atoms with Crippen LogP contribution in [0.2, 0.25) is 0 Å². The molecule has 1 saturated heterocycles. The molecule has 1 aromatic heterocycles. The van der Waals surface area contributed by atoms with Gasteiger partial charge in [-0.3, -0.25) is 9.88 Å². The molecule has 3 aromatic rings. The van der Waals surface area contributed by atoms with Gasteiger partial charge in [-0.05, 0) is 61.7 Å². The van der Waals surface area contributed by atoms with Crippen LogP contribution in [0.3, 0.4) is 0 Å². The molecule has 35 heavy (non-hydrogen) atoms. The molecule has 2 aromatic carbocycles. The van der Waals surface area contributed by atoms with E-state index in [0.717, 1.165) is 56.0 Å². The molecule has 184 valence electrons. The maximum atomic E-state index is 13.3. The molecular weight excluding hydrogens is 453 g/mol. The van der Waals surface area contributed by atoms with Gasteiger partial charge < -0.3 is 10.2 Å². The third kappa shape index (κ3) is 6.82. The summed E-state index contributed by atoms with van der Waals surface area (Å²) in [6.45, 7) is 4.80. The number of anilines is 1. The second-order valence-corrected chi connectivity index (χ2v) is 8.90. The molecule has 0 atom stereocenters. The lowest BCUT2D eigenvalue weighted by Gasteiger charge is -2.38. The Labute approximate surface area is 203 Å². The van der Waals surface area contributed by atoms with E-state index in [1.54, 1.807) is 4.90 Å². The number of carbonyl (C=O) groups is 1. The molecule has 0 radical (unpaired) electrons. The standard InChI is InChI=1S/C27H29F3N4O/c1-20-6-5-9-24(31-20)19-34(26(35)32-23-12-10-22(11-13-23)27(28,29)30)25-14-16-33(17-15-25)18-21-7-3-2-4-8-21/h2-13,25H,14-19H2,1H3,(H,32,35). The topological polar surface area (TPSA) is 48.5 Å². The lowest BCUT2D eigenvalue weighted by molar-refractivity contribution is -0.137. The number of nitrogens with zero attached hydrogens (tertiary/aromatic N) is 3. The van der Waals surface area contributed by atoms with Crippen LogP contribution in [0.4, 0.5) is 23.7 Å². The van der Waals surface area contributed by atoms with E-state index in [2.05, 4.69) is 27.3 Å². The van der Waals surface area contributed by atoms with Gasteiger partial charge in [0, 0.05) is 37.1 Å². The average molecular weight is 483 g/mol. The minimum absolute atomic E-state index is 0.00113. The molecule has 1 fully saturated rings. The van der Waals surface area contributed by atoms with Crippen molar-refractivity contribution in [3.63, 3.8) is 0 Å². The van der Waals surface area contributed by atoms with Gasteiger partial charge in [-0.2, -0.15) is 13.2 Å². The Morgan fingerprint density at radius 3 is 2.31 bits per heavy atom. The summed E-state index contributed by atoms with van der Waals surface area (Å²) in [5.41, 5.74) is 2.48. The van der Waals surface area contributed by atoms with Crippen LogP contribution in [0.5, 0.6) is 0 Å². The summed E-state index contributed by atoms with van der Waals surface area (Å²) in [5.74, 6) is 0. The highest BCUT2D eigenvalue weighted by Crippen LogP contribution is 2.30. The smallest absolute Gasteiger partial charge is 0.316 e. The fourth-order valence-electron chi connectivity index (χ4n) is 4.40. The Bertz CT molecular complexity index is 1110. The first-order valence-electron chi connectivity index (χ1n) is 11.7. The highest BCUT2D eigenvalue weighted by atomic mass is 19.4. The summed E-state index contributed by atoms with van der Waals surface area (Å²) in [7, 11) is 0. The Balaban J connectivity index is 1.45. The number of piperidine rings is 1. The molecule has 2 amide bonds. The second kappa shape index (κ2) is 10.9. The number of halogens is 3. The quantitative estimate of drug-likeness (QED) is 0.461. The number of carbonyl (C=O) groups excluding carboxylic acids is 1. The summed E-state index contributed by atoms with van der Waals surface area (Å²) in [6.07, 6.45) is -2.81. The van der Waals surface area contributed by atoms with E-state index in [0.29, 0.717) is 12.2 Å². The molecule has 2 heterocycles. The Kier molecular flexibility index (Phi) is 7.70. The molecule has 0 unspecified atom stereocenters. The van der Waals surface area contributed by atoms with Gasteiger partial charge in [0.15, 0.2) is 0 Å². The maximum Gasteiger partial charge on any atom is 0.416 e. The molecule has 1 N–H and O–H groups in total. The summed E-state index contributed by atoms with van der Waals surface area (Å²) >= 11 is 0. The van der Waals surface area contributed by atoms with E-state index in [4.69, 9.17) is 0 Å². The fourth-order valence-corrected chi connectivity index (χ4v) is 4.40. The van der Waals surface area contributed by atoms with Crippen LogP contribution in [0.15, 0.2) is 72.8 Å². The first-order chi connectivity index (χ1) is 16.8. The van der Waals surface area contributed by atoms with Gasteiger partial charge in [0.1, 0.15) is 0 Å². The minimum Gasteiger partial charge on any atom is -0.316 e. The molecule has 4 rings (SSSR count). The number of rotatable bonds is 6. The Morgan fingerprint density at radius 2 is 1.69 bits per heavy atom. The predicted molar refractivity (Wildman–Crippen MR) is 130 cm³/mol. The van der Waals surface area contributed by atoms with Gasteiger partial charge in [-0.1, -0.05) is 36.4 Å². The van der Waals surface area contributed by atoms with E-state index in [1.165, 1.54) is 17.7 Å². The fraction of sp³-hybridized carbons (Fsp3) is 0.333. The van der Waals surface area contributed by atoms with Crippen LogP contribution >= 0.6 is 0 Å². The Morgan fingerprint density at radius 1 is 1.00 bits per heavy atom. The van der Waals surface area contributed by atoms with Crippen LogP contribution in [0.1, 0.15) is 35.4 Å². The molecule has 0 spiro atoms. The number of aromatic nitrogens is 1. The number of urea groups is 1. The number of aryl methyl sites for hydroxylation is 1. The summed E-state index contributed by atoms with van der Waals surface area (Å²) in [5, 5.41) is 2.78. The second-order valence-electron chi connectivity index (χ2n) is 8.90. The van der Waals surface area contributed by atoms with Crippen LogP contribution < -0.4 is 5.32 Å². The first-order valence-corrected chi connectivity index (χ1v) is 11.7. The van der Waals surface area contributed by atoms with E-state index < -0.39 is 11.7 Å². The lowest BCUT2D eigenvalue weighted by Crippen LogP contribution is -2.48. The molecule has 0 bridgehead atoms. The monoisotopic (exact) mass is 482 g/mol. The van der Waals surface area contributed by atoms with Crippen LogP contribution in [0.25, 0.3) is 0 Å². The van der Waals surface area contributed by atoms with Gasteiger partial charge in [-0.15, -0.1) is 0 Å². The summed E-state index contributed by atoms with van der Waals surface area (Å²) in [4.78, 5) is 22.0. The highest BCUT2D eigenvalue weighted by molar-refractivity contribution is 5.89. The van der Waals surface area contributed by atoms with Crippen LogP contribution in [-0.4, -0.2) is 39.9 Å². The van der Waals surface area contributed by atoms with Crippen molar-refractivity contribution < 1.29 is 18.0 Å². The SMILES string of the molecule is Cc1cccc(CN(C(=O)Nc2ccc(C(F)(F)F)cc2)C2CCN(Cc3ccccc3)CC2)n1.